The zero-order valence-corrected chi connectivity index (χ0v) is 11.0. The van der Waals surface area contributed by atoms with Crippen molar-refractivity contribution in [2.45, 2.75) is 50.9 Å². The monoisotopic (exact) mass is 282 g/mol. The van der Waals surface area contributed by atoms with Crippen molar-refractivity contribution in [3.63, 3.8) is 0 Å². The van der Waals surface area contributed by atoms with Crippen LogP contribution in [0, 0.1) is 5.92 Å². The minimum absolute atomic E-state index is 0.00890. The van der Waals surface area contributed by atoms with E-state index in [4.69, 9.17) is 0 Å². The molecule has 3 atom stereocenters. The molecule has 1 rings (SSSR count). The first-order chi connectivity index (χ1) is 8.83. The summed E-state index contributed by atoms with van der Waals surface area (Å²) in [6, 6.07) is -0.704. The summed E-state index contributed by atoms with van der Waals surface area (Å²) in [4.78, 5) is 11.5. The lowest BCUT2D eigenvalue weighted by atomic mass is 9.84. The van der Waals surface area contributed by atoms with E-state index in [1.807, 2.05) is 5.32 Å². The number of hydrogen-bond donors (Lipinski definition) is 3. The van der Waals surface area contributed by atoms with E-state index in [0.29, 0.717) is 0 Å². The summed E-state index contributed by atoms with van der Waals surface area (Å²) in [7, 11) is 0. The second-order valence-corrected chi connectivity index (χ2v) is 5.05. The Morgan fingerprint density at radius 2 is 2.00 bits per heavy atom. The normalized spacial score (nSPS) is 25.9. The number of carbonyl (C=O) groups is 1. The minimum Gasteiger partial charge on any atom is -0.396 e. The maximum atomic E-state index is 12.0. The summed E-state index contributed by atoms with van der Waals surface area (Å²) in [5.74, 6) is -0.591. The molecular formula is C12H21F3N2O2. The van der Waals surface area contributed by atoms with Crippen LogP contribution in [-0.2, 0) is 4.79 Å². The van der Waals surface area contributed by atoms with Gasteiger partial charge in [-0.2, -0.15) is 13.2 Å². The lowest BCUT2D eigenvalue weighted by Crippen LogP contribution is -2.51. The van der Waals surface area contributed by atoms with Gasteiger partial charge in [0.15, 0.2) is 0 Å². The lowest BCUT2D eigenvalue weighted by Gasteiger charge is -2.33. The van der Waals surface area contributed by atoms with E-state index in [1.54, 1.807) is 0 Å². The Bertz CT molecular complexity index is 297. The third-order valence-corrected chi connectivity index (χ3v) is 3.46. The van der Waals surface area contributed by atoms with Crippen molar-refractivity contribution < 1.29 is 23.1 Å². The van der Waals surface area contributed by atoms with Gasteiger partial charge in [-0.25, -0.2) is 0 Å². The number of amides is 1. The molecule has 0 aromatic carbocycles. The molecule has 4 nitrogen and oxygen atoms in total. The zero-order valence-electron chi connectivity index (χ0n) is 11.0. The number of rotatable bonds is 5. The van der Waals surface area contributed by atoms with E-state index in [2.05, 4.69) is 5.32 Å². The van der Waals surface area contributed by atoms with Crippen LogP contribution in [0.3, 0.4) is 0 Å². The van der Waals surface area contributed by atoms with E-state index >= 15 is 0 Å². The second-order valence-electron chi connectivity index (χ2n) is 5.05. The molecule has 0 saturated heterocycles. The van der Waals surface area contributed by atoms with Gasteiger partial charge in [-0.3, -0.25) is 4.79 Å². The molecule has 1 aliphatic rings. The topological polar surface area (TPSA) is 61.4 Å². The maximum absolute atomic E-state index is 12.0. The van der Waals surface area contributed by atoms with Gasteiger partial charge in [0.2, 0.25) is 5.91 Å². The molecule has 0 radical (unpaired) electrons. The van der Waals surface area contributed by atoms with Crippen molar-refractivity contribution in [2.75, 3.05) is 13.2 Å². The molecule has 19 heavy (non-hydrogen) atoms. The number of alkyl halides is 3. The highest BCUT2D eigenvalue weighted by molar-refractivity contribution is 5.81. The van der Waals surface area contributed by atoms with Crippen molar-refractivity contribution in [3.8, 4) is 0 Å². The van der Waals surface area contributed by atoms with Gasteiger partial charge in [0.05, 0.1) is 6.04 Å². The zero-order chi connectivity index (χ0) is 14.5. The average molecular weight is 282 g/mol. The Morgan fingerprint density at radius 1 is 1.37 bits per heavy atom. The highest BCUT2D eigenvalue weighted by atomic mass is 19.4. The number of carbonyl (C=O) groups excluding carboxylic acids is 1. The van der Waals surface area contributed by atoms with Gasteiger partial charge in [-0.1, -0.05) is 12.8 Å². The van der Waals surface area contributed by atoms with Gasteiger partial charge in [0.1, 0.15) is 6.54 Å². The van der Waals surface area contributed by atoms with Crippen LogP contribution < -0.4 is 10.6 Å². The van der Waals surface area contributed by atoms with Crippen LogP contribution in [0.15, 0.2) is 0 Å². The number of aliphatic hydroxyl groups excluding tert-OH is 1. The minimum atomic E-state index is -4.39. The molecule has 3 N–H and O–H groups in total. The first-order valence-electron chi connectivity index (χ1n) is 6.55. The average Bonchev–Trinajstić information content (AvgIpc) is 2.35. The first kappa shape index (κ1) is 16.2. The van der Waals surface area contributed by atoms with Gasteiger partial charge < -0.3 is 15.7 Å². The van der Waals surface area contributed by atoms with Gasteiger partial charge in [-0.15, -0.1) is 0 Å². The lowest BCUT2D eigenvalue weighted by molar-refractivity contribution is -0.139. The molecule has 0 aliphatic heterocycles. The molecule has 7 heteroatoms. The molecule has 1 aliphatic carbocycles. The van der Waals surface area contributed by atoms with Crippen molar-refractivity contribution in [1.29, 1.82) is 0 Å². The fourth-order valence-corrected chi connectivity index (χ4v) is 2.38. The third-order valence-electron chi connectivity index (χ3n) is 3.46. The molecule has 0 spiro atoms. The summed E-state index contributed by atoms with van der Waals surface area (Å²) in [5, 5.41) is 14.1. The predicted molar refractivity (Wildman–Crippen MR) is 64.5 cm³/mol. The highest BCUT2D eigenvalue weighted by Gasteiger charge is 2.30. The van der Waals surface area contributed by atoms with Gasteiger partial charge in [0, 0.05) is 12.6 Å². The summed E-state index contributed by atoms with van der Waals surface area (Å²) < 4.78 is 36.0. The molecule has 0 heterocycles. The third kappa shape index (κ3) is 5.78. The van der Waals surface area contributed by atoms with Crippen LogP contribution in [0.2, 0.25) is 0 Å². The molecule has 1 amide bonds. The van der Waals surface area contributed by atoms with E-state index in [9.17, 15) is 23.1 Å². The first-order valence-corrected chi connectivity index (χ1v) is 6.55. The van der Waals surface area contributed by atoms with Crippen molar-refractivity contribution >= 4 is 5.91 Å². The van der Waals surface area contributed by atoms with Crippen molar-refractivity contribution in [2.24, 2.45) is 5.92 Å². The molecule has 1 saturated carbocycles. The van der Waals surface area contributed by atoms with Crippen LogP contribution in [0.4, 0.5) is 13.2 Å². The van der Waals surface area contributed by atoms with Crippen LogP contribution in [0.5, 0.6) is 0 Å². The Morgan fingerprint density at radius 3 is 2.58 bits per heavy atom. The fourth-order valence-electron chi connectivity index (χ4n) is 2.38. The molecule has 0 aromatic rings. The molecule has 112 valence electrons. The van der Waals surface area contributed by atoms with Crippen LogP contribution in [0.1, 0.15) is 32.6 Å². The quantitative estimate of drug-likeness (QED) is 0.710. The Kier molecular flexibility index (Phi) is 6.06. The summed E-state index contributed by atoms with van der Waals surface area (Å²) >= 11 is 0. The standard InChI is InChI=1S/C12H21F3N2O2/c1-8(11(19)16-7-12(13,14)15)17-10-5-3-2-4-9(10)6-18/h8-10,17-18H,2-7H2,1H3,(H,16,19). The van der Waals surface area contributed by atoms with E-state index in [0.717, 1.165) is 25.7 Å². The van der Waals surface area contributed by atoms with Crippen LogP contribution >= 0.6 is 0 Å². The molecule has 1 fully saturated rings. The number of hydrogen-bond acceptors (Lipinski definition) is 3. The Labute approximate surface area is 110 Å². The number of nitrogens with one attached hydrogen (secondary N) is 2. The van der Waals surface area contributed by atoms with Crippen LogP contribution in [-0.4, -0.2) is 42.4 Å². The molecule has 3 unspecified atom stereocenters. The van der Waals surface area contributed by atoms with Gasteiger partial charge in [0.25, 0.3) is 0 Å². The number of aliphatic hydroxyl groups is 1. The smallest absolute Gasteiger partial charge is 0.396 e. The predicted octanol–water partition coefficient (Wildman–Crippen LogP) is 1.19. The SMILES string of the molecule is CC(NC1CCCCC1CO)C(=O)NCC(F)(F)F. The van der Waals surface area contributed by atoms with Crippen LogP contribution in [0.25, 0.3) is 0 Å². The van der Waals surface area contributed by atoms with E-state index < -0.39 is 24.7 Å². The number of halogens is 3. The summed E-state index contributed by atoms with van der Waals surface area (Å²) in [6.07, 6.45) is -0.635. The molecular weight excluding hydrogens is 261 g/mol. The Hall–Kier alpha value is -0.820. The maximum Gasteiger partial charge on any atom is 0.405 e. The molecule has 0 bridgehead atoms. The van der Waals surface area contributed by atoms with E-state index in [1.165, 1.54) is 6.92 Å². The van der Waals surface area contributed by atoms with Gasteiger partial charge >= 0.3 is 6.18 Å². The van der Waals surface area contributed by atoms with Gasteiger partial charge in [-0.05, 0) is 25.7 Å². The fraction of sp³-hybridized carbons (Fsp3) is 0.917. The Balaban J connectivity index is 2.40. The second kappa shape index (κ2) is 7.09. The van der Waals surface area contributed by atoms with Crippen molar-refractivity contribution in [1.82, 2.24) is 10.6 Å². The van der Waals surface area contributed by atoms with E-state index in [-0.39, 0.29) is 18.6 Å². The largest absolute Gasteiger partial charge is 0.405 e. The molecule has 0 aromatic heterocycles. The van der Waals surface area contributed by atoms with Crippen molar-refractivity contribution in [3.05, 3.63) is 0 Å². The summed E-state index contributed by atoms with van der Waals surface area (Å²) in [6.45, 7) is 0.259. The highest BCUT2D eigenvalue weighted by Crippen LogP contribution is 2.24. The summed E-state index contributed by atoms with van der Waals surface area (Å²) in [5.41, 5.74) is 0.